The lowest BCUT2D eigenvalue weighted by molar-refractivity contribution is -0.138. The molecular weight excluding hydrogens is 282 g/mol. The average molecular weight is 301 g/mol. The largest absolute Gasteiger partial charge is 0.505 e. The van der Waals surface area contributed by atoms with E-state index < -0.39 is 5.97 Å². The Kier molecular flexibility index (Phi) is 4.99. The van der Waals surface area contributed by atoms with Crippen LogP contribution in [0.1, 0.15) is 26.3 Å². The van der Waals surface area contributed by atoms with E-state index in [0.29, 0.717) is 18.0 Å². The number of aliphatic hydroxyl groups is 1. The van der Waals surface area contributed by atoms with Crippen molar-refractivity contribution in [1.29, 1.82) is 0 Å². The molecule has 0 unspecified atom stereocenters. The number of carbonyl (C=O) groups excluding carboxylic acids is 1. The Morgan fingerprint density at radius 1 is 1.23 bits per heavy atom. The van der Waals surface area contributed by atoms with E-state index in [1.807, 2.05) is 31.2 Å². The number of rotatable bonds is 5. The zero-order valence-electron chi connectivity index (χ0n) is 12.9. The van der Waals surface area contributed by atoms with Crippen molar-refractivity contribution < 1.29 is 19.4 Å². The number of ether oxygens (including phenoxy) is 2. The van der Waals surface area contributed by atoms with Crippen LogP contribution in [0.3, 0.4) is 0 Å². The summed E-state index contributed by atoms with van der Waals surface area (Å²) in [5, 5.41) is 10.2. The van der Waals surface area contributed by atoms with Crippen LogP contribution in [0, 0.1) is 0 Å². The van der Waals surface area contributed by atoms with E-state index >= 15 is 0 Å². The maximum atomic E-state index is 11.8. The number of hydrogen-bond acceptors (Lipinski definition) is 5. The molecular formula is C17H19NO4. The van der Waals surface area contributed by atoms with Crippen molar-refractivity contribution >= 4 is 17.8 Å². The van der Waals surface area contributed by atoms with Gasteiger partial charge in [-0.1, -0.05) is 12.1 Å². The third kappa shape index (κ3) is 3.36. The van der Waals surface area contributed by atoms with Crippen LogP contribution in [0.4, 0.5) is 0 Å². The van der Waals surface area contributed by atoms with Crippen molar-refractivity contribution in [2.75, 3.05) is 13.2 Å². The molecule has 1 N–H and O–H groups in total. The van der Waals surface area contributed by atoms with Gasteiger partial charge in [0, 0.05) is 0 Å². The van der Waals surface area contributed by atoms with Gasteiger partial charge in [0.25, 0.3) is 0 Å². The van der Waals surface area contributed by atoms with Crippen molar-refractivity contribution in [2.24, 2.45) is 4.99 Å². The fourth-order valence-electron chi connectivity index (χ4n) is 2.12. The van der Waals surface area contributed by atoms with Crippen molar-refractivity contribution in [3.63, 3.8) is 0 Å². The molecule has 0 spiro atoms. The fourth-order valence-corrected chi connectivity index (χ4v) is 2.12. The molecule has 0 fully saturated rings. The summed E-state index contributed by atoms with van der Waals surface area (Å²) in [4.78, 5) is 16.0. The molecule has 1 aliphatic heterocycles. The van der Waals surface area contributed by atoms with Gasteiger partial charge < -0.3 is 14.6 Å². The Hall–Kier alpha value is -2.56. The highest BCUT2D eigenvalue weighted by Gasteiger charge is 2.27. The quantitative estimate of drug-likeness (QED) is 0.847. The number of carbonyl (C=O) groups is 1. The molecule has 1 aliphatic rings. The second-order valence-electron chi connectivity index (χ2n) is 4.67. The summed E-state index contributed by atoms with van der Waals surface area (Å²) in [6.45, 7) is 6.16. The van der Waals surface area contributed by atoms with Gasteiger partial charge in [-0.3, -0.25) is 0 Å². The zero-order valence-corrected chi connectivity index (χ0v) is 12.9. The average Bonchev–Trinajstić information content (AvgIpc) is 2.76. The SMILES string of the molecule is CCOC(=O)C1=C(O)/C(=C/c2ccc(OCC)cc2)N=C1C. The van der Waals surface area contributed by atoms with Gasteiger partial charge in [-0.25, -0.2) is 9.79 Å². The molecule has 0 amide bonds. The Morgan fingerprint density at radius 3 is 2.50 bits per heavy atom. The van der Waals surface area contributed by atoms with Gasteiger partial charge in [0.15, 0.2) is 5.76 Å². The summed E-state index contributed by atoms with van der Waals surface area (Å²) < 4.78 is 10.3. The van der Waals surface area contributed by atoms with Gasteiger partial charge in [0.05, 0.1) is 18.9 Å². The number of esters is 1. The summed E-state index contributed by atoms with van der Waals surface area (Å²) in [5.41, 5.74) is 1.78. The molecule has 2 rings (SSSR count). The van der Waals surface area contributed by atoms with Crippen molar-refractivity contribution in [3.8, 4) is 5.75 Å². The van der Waals surface area contributed by atoms with Crippen LogP contribution in [0.25, 0.3) is 6.08 Å². The fraction of sp³-hybridized carbons (Fsp3) is 0.294. The zero-order chi connectivity index (χ0) is 16.1. The third-order valence-corrected chi connectivity index (χ3v) is 3.10. The van der Waals surface area contributed by atoms with E-state index in [9.17, 15) is 9.90 Å². The standard InChI is InChI=1S/C17H19NO4/c1-4-21-13-8-6-12(7-9-13)10-14-16(19)15(11(3)18-14)17(20)22-5-2/h6-10,19H,4-5H2,1-3H3/b14-10-. The van der Waals surface area contributed by atoms with Crippen LogP contribution in [-0.4, -0.2) is 30.0 Å². The molecule has 0 radical (unpaired) electrons. The molecule has 1 aromatic rings. The smallest absolute Gasteiger partial charge is 0.343 e. The summed E-state index contributed by atoms with van der Waals surface area (Å²) in [7, 11) is 0. The Balaban J connectivity index is 2.27. The molecule has 0 aromatic heterocycles. The van der Waals surface area contributed by atoms with E-state index in [1.165, 1.54) is 0 Å². The lowest BCUT2D eigenvalue weighted by Crippen LogP contribution is -2.13. The second kappa shape index (κ2) is 6.93. The molecule has 116 valence electrons. The first kappa shape index (κ1) is 15.8. The molecule has 5 heteroatoms. The monoisotopic (exact) mass is 301 g/mol. The number of aliphatic imine (C=N–C) groups is 1. The molecule has 0 bridgehead atoms. The lowest BCUT2D eigenvalue weighted by Gasteiger charge is -2.03. The minimum absolute atomic E-state index is 0.124. The van der Waals surface area contributed by atoms with Crippen LogP contribution in [0.2, 0.25) is 0 Å². The van der Waals surface area contributed by atoms with E-state index in [-0.39, 0.29) is 17.9 Å². The molecule has 0 saturated heterocycles. The van der Waals surface area contributed by atoms with Crippen LogP contribution in [0.15, 0.2) is 46.3 Å². The van der Waals surface area contributed by atoms with Gasteiger partial charge >= 0.3 is 5.97 Å². The van der Waals surface area contributed by atoms with Crippen molar-refractivity contribution in [1.82, 2.24) is 0 Å². The molecule has 5 nitrogen and oxygen atoms in total. The number of nitrogens with zero attached hydrogens (tertiary/aromatic N) is 1. The highest BCUT2D eigenvalue weighted by atomic mass is 16.5. The van der Waals surface area contributed by atoms with Crippen LogP contribution in [0.5, 0.6) is 5.75 Å². The maximum absolute atomic E-state index is 11.8. The minimum atomic E-state index is -0.559. The molecule has 0 atom stereocenters. The van der Waals surface area contributed by atoms with Crippen LogP contribution < -0.4 is 4.74 Å². The number of aliphatic hydroxyl groups excluding tert-OH is 1. The van der Waals surface area contributed by atoms with E-state index in [1.54, 1.807) is 19.9 Å². The van der Waals surface area contributed by atoms with Crippen LogP contribution >= 0.6 is 0 Å². The predicted molar refractivity (Wildman–Crippen MR) is 85.0 cm³/mol. The first-order valence-corrected chi connectivity index (χ1v) is 7.17. The van der Waals surface area contributed by atoms with E-state index in [0.717, 1.165) is 11.3 Å². The number of benzene rings is 1. The molecule has 1 aromatic carbocycles. The van der Waals surface area contributed by atoms with Crippen molar-refractivity contribution in [3.05, 3.63) is 46.9 Å². The molecule has 1 heterocycles. The molecule has 0 aliphatic carbocycles. The Bertz CT molecular complexity index is 654. The summed E-state index contributed by atoms with van der Waals surface area (Å²) in [6, 6.07) is 7.40. The molecule has 0 saturated carbocycles. The van der Waals surface area contributed by atoms with E-state index in [4.69, 9.17) is 9.47 Å². The summed E-state index contributed by atoms with van der Waals surface area (Å²) >= 11 is 0. The van der Waals surface area contributed by atoms with Gasteiger partial charge in [0.2, 0.25) is 0 Å². The lowest BCUT2D eigenvalue weighted by atomic mass is 10.1. The predicted octanol–water partition coefficient (Wildman–Crippen LogP) is 3.28. The summed E-state index contributed by atoms with van der Waals surface area (Å²) in [5.74, 6) is 0.0731. The normalized spacial score (nSPS) is 16.0. The van der Waals surface area contributed by atoms with E-state index in [2.05, 4.69) is 4.99 Å². The molecule has 22 heavy (non-hydrogen) atoms. The van der Waals surface area contributed by atoms with Gasteiger partial charge in [-0.05, 0) is 44.5 Å². The number of hydrogen-bond donors (Lipinski definition) is 1. The van der Waals surface area contributed by atoms with Crippen LogP contribution in [-0.2, 0) is 9.53 Å². The summed E-state index contributed by atoms with van der Waals surface area (Å²) in [6.07, 6.45) is 1.71. The van der Waals surface area contributed by atoms with Crippen molar-refractivity contribution in [2.45, 2.75) is 20.8 Å². The Morgan fingerprint density at radius 2 is 1.91 bits per heavy atom. The Labute approximate surface area is 129 Å². The highest BCUT2D eigenvalue weighted by Crippen LogP contribution is 2.26. The topological polar surface area (TPSA) is 68.1 Å². The van der Waals surface area contributed by atoms with Gasteiger partial charge in [-0.2, -0.15) is 0 Å². The first-order chi connectivity index (χ1) is 10.6. The van der Waals surface area contributed by atoms with Gasteiger partial charge in [0.1, 0.15) is 17.0 Å². The first-order valence-electron chi connectivity index (χ1n) is 7.17. The third-order valence-electron chi connectivity index (χ3n) is 3.10. The minimum Gasteiger partial charge on any atom is -0.505 e. The second-order valence-corrected chi connectivity index (χ2v) is 4.67. The van der Waals surface area contributed by atoms with Gasteiger partial charge in [-0.15, -0.1) is 0 Å². The highest BCUT2D eigenvalue weighted by molar-refractivity contribution is 6.22. The maximum Gasteiger partial charge on any atom is 0.343 e.